The van der Waals surface area contributed by atoms with Crippen molar-refractivity contribution in [3.8, 4) is 5.75 Å². The number of rotatable bonds is 9. The summed E-state index contributed by atoms with van der Waals surface area (Å²) in [5, 5.41) is 16.6. The predicted octanol–water partition coefficient (Wildman–Crippen LogP) is 4.21. The number of benzene rings is 3. The molecule has 3 aromatic carbocycles. The van der Waals surface area contributed by atoms with Crippen LogP contribution in [0.1, 0.15) is 18.9 Å². The Morgan fingerprint density at radius 2 is 1.60 bits per heavy atom. The van der Waals surface area contributed by atoms with Gasteiger partial charge >= 0.3 is 0 Å². The maximum Gasteiger partial charge on any atom is 0.248 e. The lowest BCUT2D eigenvalue weighted by Gasteiger charge is -2.40. The standard InChI is InChI=1S/C33H35N3O5S/c1-20-17-26-27(30(38)34-22-11-7-4-8-12-22)28-32(40)36(24(19-37)18-21-9-5-3-6-10-21)29(33(20,28)42-26)31(39)35-23-13-15-25(41-2)16-14-23/h3-16,20,24,26-29,37H,17-19H2,1-2H3,(H,34,38)(H,35,39)/t20?,24-,26+,27-,28+,29?,33?/m1/s1. The average Bonchev–Trinajstić information content (AvgIpc) is 3.61. The normalized spacial score (nSPS) is 28.3. The maximum atomic E-state index is 14.6. The van der Waals surface area contributed by atoms with Crippen molar-refractivity contribution in [3.63, 3.8) is 0 Å². The molecular weight excluding hydrogens is 550 g/mol. The zero-order valence-corrected chi connectivity index (χ0v) is 24.4. The van der Waals surface area contributed by atoms with Gasteiger partial charge in [0.05, 0.1) is 36.3 Å². The minimum Gasteiger partial charge on any atom is -0.497 e. The van der Waals surface area contributed by atoms with Crippen molar-refractivity contribution in [3.05, 3.63) is 90.5 Å². The van der Waals surface area contributed by atoms with E-state index in [0.717, 1.165) is 12.0 Å². The Kier molecular flexibility index (Phi) is 7.72. The summed E-state index contributed by atoms with van der Waals surface area (Å²) in [5.41, 5.74) is 2.21. The summed E-state index contributed by atoms with van der Waals surface area (Å²) in [4.78, 5) is 44.3. The van der Waals surface area contributed by atoms with Gasteiger partial charge in [-0.05, 0) is 60.7 Å². The second-order valence-electron chi connectivity index (χ2n) is 11.4. The fourth-order valence-corrected chi connectivity index (χ4v) is 9.63. The van der Waals surface area contributed by atoms with Crippen LogP contribution in [-0.2, 0) is 20.8 Å². The fraction of sp³-hybridized carbons (Fsp3) is 0.364. The highest BCUT2D eigenvalue weighted by atomic mass is 32.2. The number of amides is 3. The van der Waals surface area contributed by atoms with E-state index in [-0.39, 0.29) is 35.5 Å². The molecule has 6 rings (SSSR count). The second-order valence-corrected chi connectivity index (χ2v) is 12.9. The van der Waals surface area contributed by atoms with Gasteiger partial charge < -0.3 is 25.4 Å². The number of anilines is 2. The first-order chi connectivity index (χ1) is 20.4. The molecule has 3 amide bonds. The molecule has 3 N–H and O–H groups in total. The summed E-state index contributed by atoms with van der Waals surface area (Å²) in [5.74, 6) is -1.35. The van der Waals surface area contributed by atoms with Gasteiger partial charge in [-0.25, -0.2) is 0 Å². The van der Waals surface area contributed by atoms with Gasteiger partial charge in [0.1, 0.15) is 11.8 Å². The Labute approximate surface area is 249 Å². The van der Waals surface area contributed by atoms with Crippen molar-refractivity contribution in [1.82, 2.24) is 4.90 Å². The van der Waals surface area contributed by atoms with Crippen LogP contribution in [0.3, 0.4) is 0 Å². The molecule has 3 aromatic rings. The number of carbonyl (C=O) groups excluding carboxylic acids is 3. The molecule has 1 spiro atoms. The van der Waals surface area contributed by atoms with Crippen LogP contribution in [0.25, 0.3) is 0 Å². The van der Waals surface area contributed by atoms with E-state index in [1.165, 1.54) is 0 Å². The van der Waals surface area contributed by atoms with Gasteiger partial charge in [-0.3, -0.25) is 14.4 Å². The number of aliphatic hydroxyl groups is 1. The van der Waals surface area contributed by atoms with Crippen molar-refractivity contribution < 1.29 is 24.2 Å². The van der Waals surface area contributed by atoms with E-state index in [2.05, 4.69) is 17.6 Å². The van der Waals surface area contributed by atoms with Crippen LogP contribution in [0.2, 0.25) is 0 Å². The van der Waals surface area contributed by atoms with Gasteiger partial charge in [-0.15, -0.1) is 11.8 Å². The lowest BCUT2D eigenvalue weighted by Crippen LogP contribution is -2.57. The summed E-state index contributed by atoms with van der Waals surface area (Å²) in [7, 11) is 1.58. The van der Waals surface area contributed by atoms with Crippen LogP contribution in [0.5, 0.6) is 5.75 Å². The van der Waals surface area contributed by atoms with Crippen molar-refractivity contribution >= 4 is 40.9 Å². The van der Waals surface area contributed by atoms with Gasteiger partial charge in [0, 0.05) is 16.6 Å². The number of hydrogen-bond acceptors (Lipinski definition) is 6. The molecule has 3 aliphatic rings. The van der Waals surface area contributed by atoms with Crippen molar-refractivity contribution in [2.24, 2.45) is 17.8 Å². The Balaban J connectivity index is 1.38. The van der Waals surface area contributed by atoms with E-state index in [4.69, 9.17) is 4.74 Å². The van der Waals surface area contributed by atoms with Crippen LogP contribution in [0.15, 0.2) is 84.9 Å². The lowest BCUT2D eigenvalue weighted by atomic mass is 9.66. The molecule has 2 bridgehead atoms. The first-order valence-corrected chi connectivity index (χ1v) is 15.2. The number of thioether (sulfide) groups is 1. The number of fused-ring (bicyclic) bond motifs is 1. The predicted molar refractivity (Wildman–Crippen MR) is 163 cm³/mol. The molecular formula is C33H35N3O5S. The molecule has 7 atom stereocenters. The highest BCUT2D eigenvalue weighted by Crippen LogP contribution is 2.69. The van der Waals surface area contributed by atoms with Crippen LogP contribution in [-0.4, -0.2) is 63.5 Å². The maximum absolute atomic E-state index is 14.6. The van der Waals surface area contributed by atoms with E-state index in [0.29, 0.717) is 23.5 Å². The molecule has 42 heavy (non-hydrogen) atoms. The average molecular weight is 586 g/mol. The van der Waals surface area contributed by atoms with E-state index >= 15 is 0 Å². The number of para-hydroxylation sites is 1. The molecule has 218 valence electrons. The topological polar surface area (TPSA) is 108 Å². The first kappa shape index (κ1) is 28.3. The molecule has 3 fully saturated rings. The molecule has 3 unspecified atom stereocenters. The van der Waals surface area contributed by atoms with Gasteiger partial charge in [-0.1, -0.05) is 55.5 Å². The number of nitrogens with zero attached hydrogens (tertiary/aromatic N) is 1. The summed E-state index contributed by atoms with van der Waals surface area (Å²) in [6, 6.07) is 24.5. The number of aliphatic hydroxyl groups excluding tert-OH is 1. The van der Waals surface area contributed by atoms with Gasteiger partial charge in [0.15, 0.2) is 0 Å². The fourth-order valence-electron chi connectivity index (χ4n) is 7.22. The minimum atomic E-state index is -0.863. The summed E-state index contributed by atoms with van der Waals surface area (Å²) in [6.07, 6.45) is 1.12. The van der Waals surface area contributed by atoms with Gasteiger partial charge in [0.2, 0.25) is 17.7 Å². The zero-order valence-electron chi connectivity index (χ0n) is 23.6. The molecule has 9 heteroatoms. The number of ether oxygens (including phenoxy) is 1. The molecule has 0 saturated carbocycles. The minimum absolute atomic E-state index is 0.00918. The smallest absolute Gasteiger partial charge is 0.248 e. The van der Waals surface area contributed by atoms with Crippen molar-refractivity contribution in [2.45, 2.75) is 41.8 Å². The number of likely N-dealkylation sites (tertiary alicyclic amines) is 1. The first-order valence-electron chi connectivity index (χ1n) is 14.3. The zero-order chi connectivity index (χ0) is 29.4. The Bertz CT molecular complexity index is 1450. The van der Waals surface area contributed by atoms with Gasteiger partial charge in [0.25, 0.3) is 0 Å². The molecule has 3 heterocycles. The van der Waals surface area contributed by atoms with Crippen LogP contribution < -0.4 is 15.4 Å². The lowest BCUT2D eigenvalue weighted by molar-refractivity contribution is -0.141. The Morgan fingerprint density at radius 1 is 0.976 bits per heavy atom. The SMILES string of the molecule is COc1ccc(NC(=O)C2N([C@@H](CO)Cc3ccccc3)C(=O)[C@@H]3[C@H](C(=O)Nc4ccccc4)[C@@H]4CC(C)C23S4)cc1. The van der Waals surface area contributed by atoms with Crippen LogP contribution in [0.4, 0.5) is 11.4 Å². The Hall–Kier alpha value is -3.82. The third kappa shape index (κ3) is 4.74. The van der Waals surface area contributed by atoms with E-state index < -0.39 is 28.7 Å². The molecule has 8 nitrogen and oxygen atoms in total. The summed E-state index contributed by atoms with van der Waals surface area (Å²) in [6.45, 7) is 1.78. The molecule has 0 aromatic heterocycles. The van der Waals surface area contributed by atoms with E-state index in [9.17, 15) is 19.5 Å². The third-order valence-corrected chi connectivity index (χ3v) is 11.1. The second kappa shape index (κ2) is 11.5. The number of methoxy groups -OCH3 is 1. The highest BCUT2D eigenvalue weighted by molar-refractivity contribution is 8.02. The van der Waals surface area contributed by atoms with Crippen LogP contribution in [0, 0.1) is 17.8 Å². The highest BCUT2D eigenvalue weighted by Gasteiger charge is 2.76. The van der Waals surface area contributed by atoms with Crippen molar-refractivity contribution in [2.75, 3.05) is 24.4 Å². The molecule has 3 saturated heterocycles. The monoisotopic (exact) mass is 585 g/mol. The van der Waals surface area contributed by atoms with Crippen LogP contribution >= 0.6 is 11.8 Å². The van der Waals surface area contributed by atoms with Crippen molar-refractivity contribution in [1.29, 1.82) is 0 Å². The quantitative estimate of drug-likeness (QED) is 0.347. The number of carbonyl (C=O) groups is 3. The molecule has 3 aliphatic heterocycles. The number of hydrogen-bond donors (Lipinski definition) is 3. The van der Waals surface area contributed by atoms with Gasteiger partial charge in [-0.2, -0.15) is 0 Å². The number of nitrogens with one attached hydrogen (secondary N) is 2. The molecule has 0 aliphatic carbocycles. The Morgan fingerprint density at radius 3 is 2.24 bits per heavy atom. The largest absolute Gasteiger partial charge is 0.497 e. The van der Waals surface area contributed by atoms with E-state index in [1.54, 1.807) is 48.0 Å². The van der Waals surface area contributed by atoms with E-state index in [1.807, 2.05) is 60.7 Å². The summed E-state index contributed by atoms with van der Waals surface area (Å²) >= 11 is 1.61. The summed E-state index contributed by atoms with van der Waals surface area (Å²) < 4.78 is 4.46. The molecule has 0 radical (unpaired) electrons. The third-order valence-electron chi connectivity index (χ3n) is 9.05.